The maximum absolute atomic E-state index is 9.76. The van der Waals surface area contributed by atoms with Crippen LogP contribution in [0.15, 0.2) is 30.3 Å². The Balaban J connectivity index is 0.000000211. The molecule has 0 saturated carbocycles. The van der Waals surface area contributed by atoms with Gasteiger partial charge in [-0.05, 0) is 19.4 Å². The zero-order valence-corrected chi connectivity index (χ0v) is 12.9. The van der Waals surface area contributed by atoms with E-state index in [1.807, 2.05) is 30.3 Å². The average Bonchev–Trinajstić information content (AvgIpc) is 2.55. The van der Waals surface area contributed by atoms with Gasteiger partial charge in [-0.3, -0.25) is 9.69 Å². The van der Waals surface area contributed by atoms with Gasteiger partial charge >= 0.3 is 0 Å². The summed E-state index contributed by atoms with van der Waals surface area (Å²) >= 11 is 0. The van der Waals surface area contributed by atoms with Gasteiger partial charge in [0.2, 0.25) is 0 Å². The Morgan fingerprint density at radius 3 is 2.43 bits per heavy atom. The number of hydrogen-bond donors (Lipinski definition) is 2. The summed E-state index contributed by atoms with van der Waals surface area (Å²) in [6.07, 6.45) is 0. The number of aliphatic hydroxyl groups is 1. The summed E-state index contributed by atoms with van der Waals surface area (Å²) < 4.78 is 4.54. The van der Waals surface area contributed by atoms with Crippen molar-refractivity contribution in [2.75, 3.05) is 32.8 Å². The minimum atomic E-state index is -0.0396. The molecule has 1 fully saturated rings. The first kappa shape index (κ1) is 17.6. The van der Waals surface area contributed by atoms with Crippen molar-refractivity contribution in [1.29, 1.82) is 0 Å². The minimum absolute atomic E-state index is 0.0396. The van der Waals surface area contributed by atoms with Crippen LogP contribution in [0.4, 0.5) is 0 Å². The predicted octanol–water partition coefficient (Wildman–Crippen LogP) is 1.02. The lowest BCUT2D eigenvalue weighted by molar-refractivity contribution is -0.129. The summed E-state index contributed by atoms with van der Waals surface area (Å²) in [6, 6.07) is 9.55. The van der Waals surface area contributed by atoms with Crippen LogP contribution in [-0.4, -0.2) is 54.8 Å². The highest BCUT2D eigenvalue weighted by Crippen LogP contribution is 2.13. The Kier molecular flexibility index (Phi) is 7.97. The van der Waals surface area contributed by atoms with Crippen LogP contribution >= 0.6 is 0 Å². The monoisotopic (exact) mass is 294 g/mol. The second-order valence-corrected chi connectivity index (χ2v) is 5.60. The van der Waals surface area contributed by atoms with E-state index in [9.17, 15) is 4.79 Å². The van der Waals surface area contributed by atoms with Crippen LogP contribution < -0.4 is 5.32 Å². The fourth-order valence-corrected chi connectivity index (χ4v) is 2.07. The van der Waals surface area contributed by atoms with E-state index in [0.717, 1.165) is 31.7 Å². The fraction of sp³-hybridized carbons (Fsp3) is 0.562. The average molecular weight is 294 g/mol. The largest absolute Gasteiger partial charge is 0.463 e. The number of aliphatic hydroxyl groups excluding tert-OH is 1. The topological polar surface area (TPSA) is 61.8 Å². The summed E-state index contributed by atoms with van der Waals surface area (Å²) in [5.41, 5.74) is 0.969. The van der Waals surface area contributed by atoms with Crippen LogP contribution in [0.5, 0.6) is 0 Å². The van der Waals surface area contributed by atoms with Gasteiger partial charge < -0.3 is 15.2 Å². The Morgan fingerprint density at radius 2 is 1.90 bits per heavy atom. The van der Waals surface area contributed by atoms with E-state index in [-0.39, 0.29) is 12.1 Å². The second kappa shape index (κ2) is 9.50. The third-order valence-electron chi connectivity index (χ3n) is 3.52. The SMILES string of the molecule is CC(C)(CO)N1CCNCC1.O=COCc1ccccc1. The molecule has 0 aliphatic carbocycles. The molecule has 0 atom stereocenters. The number of rotatable bonds is 5. The van der Waals surface area contributed by atoms with Gasteiger partial charge in [0.15, 0.2) is 0 Å². The van der Waals surface area contributed by atoms with Crippen molar-refractivity contribution >= 4 is 6.47 Å². The highest BCUT2D eigenvalue weighted by atomic mass is 16.5. The van der Waals surface area contributed by atoms with Crippen molar-refractivity contribution in [2.45, 2.75) is 26.0 Å². The molecule has 1 aliphatic rings. The number of hydrogen-bond acceptors (Lipinski definition) is 5. The van der Waals surface area contributed by atoms with Crippen molar-refractivity contribution in [3.8, 4) is 0 Å². The molecule has 5 nitrogen and oxygen atoms in total. The first-order valence-corrected chi connectivity index (χ1v) is 7.26. The van der Waals surface area contributed by atoms with Crippen LogP contribution in [0.1, 0.15) is 19.4 Å². The van der Waals surface area contributed by atoms with Crippen LogP contribution in [0, 0.1) is 0 Å². The van der Waals surface area contributed by atoms with E-state index >= 15 is 0 Å². The summed E-state index contributed by atoms with van der Waals surface area (Å²) in [5, 5.41) is 12.4. The molecule has 2 N–H and O–H groups in total. The molecular weight excluding hydrogens is 268 g/mol. The van der Waals surface area contributed by atoms with Gasteiger partial charge in [-0.15, -0.1) is 0 Å². The summed E-state index contributed by atoms with van der Waals surface area (Å²) in [6.45, 7) is 9.41. The normalized spacial score (nSPS) is 15.8. The van der Waals surface area contributed by atoms with Crippen molar-refractivity contribution in [3.05, 3.63) is 35.9 Å². The first-order chi connectivity index (χ1) is 10.1. The van der Waals surface area contributed by atoms with E-state index in [0.29, 0.717) is 13.1 Å². The standard InChI is InChI=1S/C8H18N2O.C8H8O2/c1-8(2,7-11)10-5-3-9-4-6-10;9-7-10-6-8-4-2-1-3-5-8/h9,11H,3-7H2,1-2H3;1-5,7H,6H2. The van der Waals surface area contributed by atoms with E-state index in [4.69, 9.17) is 5.11 Å². The molecule has 1 saturated heterocycles. The molecule has 0 unspecified atom stereocenters. The molecule has 0 amide bonds. The van der Waals surface area contributed by atoms with Crippen LogP contribution in [0.25, 0.3) is 0 Å². The molecular formula is C16H26N2O3. The second-order valence-electron chi connectivity index (χ2n) is 5.60. The zero-order chi connectivity index (χ0) is 15.6. The number of ether oxygens (including phenoxy) is 1. The van der Waals surface area contributed by atoms with Crippen molar-refractivity contribution in [2.24, 2.45) is 0 Å². The van der Waals surface area contributed by atoms with Crippen molar-refractivity contribution in [1.82, 2.24) is 10.2 Å². The minimum Gasteiger partial charge on any atom is -0.463 e. The lowest BCUT2D eigenvalue weighted by Gasteiger charge is -2.39. The lowest BCUT2D eigenvalue weighted by Crippen LogP contribution is -2.54. The van der Waals surface area contributed by atoms with Gasteiger partial charge in [0, 0.05) is 31.7 Å². The Labute approximate surface area is 126 Å². The maximum atomic E-state index is 9.76. The van der Waals surface area contributed by atoms with E-state index in [1.54, 1.807) is 0 Å². The van der Waals surface area contributed by atoms with Crippen LogP contribution in [-0.2, 0) is 16.1 Å². The van der Waals surface area contributed by atoms with Gasteiger partial charge in [0.1, 0.15) is 6.61 Å². The predicted molar refractivity (Wildman–Crippen MR) is 82.9 cm³/mol. The van der Waals surface area contributed by atoms with Crippen molar-refractivity contribution in [3.63, 3.8) is 0 Å². The molecule has 2 rings (SSSR count). The van der Waals surface area contributed by atoms with E-state index < -0.39 is 0 Å². The molecule has 0 aromatic heterocycles. The van der Waals surface area contributed by atoms with Gasteiger partial charge in [0.05, 0.1) is 6.61 Å². The molecule has 1 aromatic rings. The molecule has 1 aromatic carbocycles. The first-order valence-electron chi connectivity index (χ1n) is 7.26. The molecule has 5 heteroatoms. The molecule has 1 aliphatic heterocycles. The summed E-state index contributed by atoms with van der Waals surface area (Å²) in [5.74, 6) is 0. The summed E-state index contributed by atoms with van der Waals surface area (Å²) in [4.78, 5) is 12.1. The number of carbonyl (C=O) groups excluding carboxylic acids is 1. The Hall–Kier alpha value is -1.43. The zero-order valence-electron chi connectivity index (χ0n) is 12.9. The van der Waals surface area contributed by atoms with Crippen LogP contribution in [0.2, 0.25) is 0 Å². The van der Waals surface area contributed by atoms with Gasteiger partial charge in [-0.2, -0.15) is 0 Å². The molecule has 0 bridgehead atoms. The highest BCUT2D eigenvalue weighted by Gasteiger charge is 2.26. The van der Waals surface area contributed by atoms with E-state index in [1.165, 1.54) is 0 Å². The van der Waals surface area contributed by atoms with Crippen molar-refractivity contribution < 1.29 is 14.6 Å². The number of piperazine rings is 1. The van der Waals surface area contributed by atoms with Gasteiger partial charge in [-0.25, -0.2) is 0 Å². The van der Waals surface area contributed by atoms with Gasteiger partial charge in [0.25, 0.3) is 6.47 Å². The third-order valence-corrected chi connectivity index (χ3v) is 3.52. The molecule has 0 radical (unpaired) electrons. The Morgan fingerprint density at radius 1 is 1.29 bits per heavy atom. The smallest absolute Gasteiger partial charge is 0.293 e. The molecule has 21 heavy (non-hydrogen) atoms. The quantitative estimate of drug-likeness (QED) is 0.794. The molecule has 118 valence electrons. The van der Waals surface area contributed by atoms with E-state index in [2.05, 4.69) is 28.8 Å². The number of nitrogens with one attached hydrogen (secondary N) is 1. The number of nitrogens with zero attached hydrogens (tertiary/aromatic N) is 1. The number of carbonyl (C=O) groups is 1. The fourth-order valence-electron chi connectivity index (χ4n) is 2.07. The maximum Gasteiger partial charge on any atom is 0.293 e. The summed E-state index contributed by atoms with van der Waals surface area (Å²) in [7, 11) is 0. The van der Waals surface area contributed by atoms with Crippen LogP contribution in [0.3, 0.4) is 0 Å². The molecule has 0 spiro atoms. The third kappa shape index (κ3) is 6.71. The number of benzene rings is 1. The lowest BCUT2D eigenvalue weighted by atomic mass is 10.0. The Bertz CT molecular complexity index is 390. The highest BCUT2D eigenvalue weighted by molar-refractivity contribution is 5.37. The molecule has 1 heterocycles. The van der Waals surface area contributed by atoms with Gasteiger partial charge in [-0.1, -0.05) is 30.3 Å².